The maximum atomic E-state index is 11.9. The van der Waals surface area contributed by atoms with Crippen molar-refractivity contribution in [3.8, 4) is 0 Å². The number of hydrogen-bond acceptors (Lipinski definition) is 7. The molecular formula is C11H19N3O6. The van der Waals surface area contributed by atoms with E-state index in [4.69, 9.17) is 21.3 Å². The molecule has 0 heterocycles. The molecule has 114 valence electrons. The topological polar surface area (TPSA) is 153 Å². The van der Waals surface area contributed by atoms with Gasteiger partial charge in [0.2, 0.25) is 5.91 Å². The second kappa shape index (κ2) is 6.96. The molecule has 0 fully saturated rings. The SMILES string of the molecule is CC(C)(C)OC(=O)N(C(=O)CN)C(C(=O)O)C(=O)CN. The van der Waals surface area contributed by atoms with Crippen molar-refractivity contribution in [1.82, 2.24) is 4.90 Å². The largest absolute Gasteiger partial charge is 0.479 e. The van der Waals surface area contributed by atoms with E-state index in [1.54, 1.807) is 0 Å². The van der Waals surface area contributed by atoms with E-state index in [2.05, 4.69) is 0 Å². The molecule has 0 bridgehead atoms. The Labute approximate surface area is 115 Å². The Morgan fingerprint density at radius 1 is 1.15 bits per heavy atom. The molecule has 0 aromatic rings. The van der Waals surface area contributed by atoms with E-state index in [1.807, 2.05) is 0 Å². The van der Waals surface area contributed by atoms with Crippen molar-refractivity contribution in [1.29, 1.82) is 0 Å². The maximum Gasteiger partial charge on any atom is 0.418 e. The van der Waals surface area contributed by atoms with Crippen molar-refractivity contribution >= 4 is 23.8 Å². The number of carbonyl (C=O) groups is 4. The lowest BCUT2D eigenvalue weighted by molar-refractivity contribution is -0.153. The van der Waals surface area contributed by atoms with Gasteiger partial charge in [-0.15, -0.1) is 0 Å². The summed E-state index contributed by atoms with van der Waals surface area (Å²) in [6.45, 7) is 3.28. The Bertz CT molecular complexity index is 415. The number of Topliss-reactive ketones (excluding diaryl/α,β-unsaturated/α-hetero) is 1. The van der Waals surface area contributed by atoms with Crippen LogP contribution >= 0.6 is 0 Å². The molecule has 0 spiro atoms. The molecule has 9 nitrogen and oxygen atoms in total. The minimum Gasteiger partial charge on any atom is -0.479 e. The average molecular weight is 289 g/mol. The van der Waals surface area contributed by atoms with Crippen LogP contribution in [0.15, 0.2) is 0 Å². The van der Waals surface area contributed by atoms with Crippen LogP contribution in [0.1, 0.15) is 20.8 Å². The first kappa shape index (κ1) is 18.0. The molecule has 0 aliphatic carbocycles. The fourth-order valence-corrected chi connectivity index (χ4v) is 1.26. The van der Waals surface area contributed by atoms with Crippen molar-refractivity contribution in [2.45, 2.75) is 32.4 Å². The zero-order valence-corrected chi connectivity index (χ0v) is 11.6. The fraction of sp³-hybridized carbons (Fsp3) is 0.636. The van der Waals surface area contributed by atoms with Crippen LogP contribution in [-0.4, -0.2) is 58.5 Å². The lowest BCUT2D eigenvalue weighted by Crippen LogP contribution is -2.56. The molecule has 0 rings (SSSR count). The fourth-order valence-electron chi connectivity index (χ4n) is 1.26. The third-order valence-corrected chi connectivity index (χ3v) is 2.03. The molecule has 0 saturated heterocycles. The van der Waals surface area contributed by atoms with Crippen molar-refractivity contribution < 1.29 is 29.0 Å². The van der Waals surface area contributed by atoms with Gasteiger partial charge in [0, 0.05) is 0 Å². The second-order valence-corrected chi connectivity index (χ2v) is 4.86. The summed E-state index contributed by atoms with van der Waals surface area (Å²) < 4.78 is 4.90. The highest BCUT2D eigenvalue weighted by Gasteiger charge is 2.41. The number of nitrogens with two attached hydrogens (primary N) is 2. The van der Waals surface area contributed by atoms with Crippen LogP contribution in [0.3, 0.4) is 0 Å². The van der Waals surface area contributed by atoms with Crippen LogP contribution in [0.5, 0.6) is 0 Å². The van der Waals surface area contributed by atoms with Crippen LogP contribution in [0, 0.1) is 0 Å². The molecule has 0 aromatic heterocycles. The van der Waals surface area contributed by atoms with Crippen molar-refractivity contribution in [3.05, 3.63) is 0 Å². The molecule has 2 amide bonds. The number of hydrogen-bond donors (Lipinski definition) is 3. The van der Waals surface area contributed by atoms with Gasteiger partial charge in [0.1, 0.15) is 5.60 Å². The Kier molecular flexibility index (Phi) is 6.27. The summed E-state index contributed by atoms with van der Waals surface area (Å²) in [5.41, 5.74) is 9.23. The van der Waals surface area contributed by atoms with Gasteiger partial charge in [-0.2, -0.15) is 0 Å². The Morgan fingerprint density at radius 2 is 1.65 bits per heavy atom. The lowest BCUT2D eigenvalue weighted by atomic mass is 10.1. The van der Waals surface area contributed by atoms with Gasteiger partial charge in [0.15, 0.2) is 11.8 Å². The number of ether oxygens (including phenoxy) is 1. The normalized spacial score (nSPS) is 12.4. The number of amides is 2. The number of aliphatic carboxylic acids is 1. The van der Waals surface area contributed by atoms with Gasteiger partial charge in [-0.1, -0.05) is 0 Å². The molecule has 20 heavy (non-hydrogen) atoms. The molecule has 1 atom stereocenters. The van der Waals surface area contributed by atoms with Crippen LogP contribution in [0.25, 0.3) is 0 Å². The van der Waals surface area contributed by atoms with Gasteiger partial charge >= 0.3 is 12.1 Å². The van der Waals surface area contributed by atoms with Crippen LogP contribution in [-0.2, 0) is 19.1 Å². The van der Waals surface area contributed by atoms with E-state index in [0.29, 0.717) is 0 Å². The number of ketones is 1. The van der Waals surface area contributed by atoms with E-state index in [-0.39, 0.29) is 4.90 Å². The molecule has 0 saturated carbocycles. The zero-order chi connectivity index (χ0) is 16.1. The van der Waals surface area contributed by atoms with E-state index in [9.17, 15) is 19.2 Å². The predicted octanol–water partition coefficient (Wildman–Crippen LogP) is -1.31. The highest BCUT2D eigenvalue weighted by molar-refractivity contribution is 6.10. The molecule has 5 N–H and O–H groups in total. The lowest BCUT2D eigenvalue weighted by Gasteiger charge is -2.28. The summed E-state index contributed by atoms with van der Waals surface area (Å²) in [4.78, 5) is 46.4. The standard InChI is InChI=1S/C11H19N3O6/c1-11(2,3)20-10(19)14(7(16)5-13)8(9(17)18)6(15)4-12/h8H,4-5,12-13H2,1-3H3,(H,17,18). The summed E-state index contributed by atoms with van der Waals surface area (Å²) in [5, 5.41) is 9.02. The van der Waals surface area contributed by atoms with E-state index in [0.717, 1.165) is 0 Å². The van der Waals surface area contributed by atoms with Gasteiger partial charge < -0.3 is 21.3 Å². The molecule has 0 radical (unpaired) electrons. The van der Waals surface area contributed by atoms with Gasteiger partial charge in [-0.05, 0) is 20.8 Å². The molecule has 9 heteroatoms. The second-order valence-electron chi connectivity index (χ2n) is 4.86. The Morgan fingerprint density at radius 3 is 1.95 bits per heavy atom. The molecule has 0 aliphatic rings. The maximum absolute atomic E-state index is 11.9. The summed E-state index contributed by atoms with van der Waals surface area (Å²) in [6, 6.07) is -2.05. The smallest absolute Gasteiger partial charge is 0.418 e. The monoisotopic (exact) mass is 289 g/mol. The minimum absolute atomic E-state index is 0.183. The van der Waals surface area contributed by atoms with Gasteiger partial charge in [0.25, 0.3) is 0 Å². The molecule has 0 aromatic carbocycles. The van der Waals surface area contributed by atoms with Crippen molar-refractivity contribution in [2.24, 2.45) is 11.5 Å². The van der Waals surface area contributed by atoms with Gasteiger partial charge in [-0.25, -0.2) is 14.5 Å². The first-order valence-corrected chi connectivity index (χ1v) is 5.75. The van der Waals surface area contributed by atoms with E-state index < -0.39 is 48.5 Å². The predicted molar refractivity (Wildman–Crippen MR) is 67.6 cm³/mol. The summed E-state index contributed by atoms with van der Waals surface area (Å²) in [6.07, 6.45) is -1.26. The van der Waals surface area contributed by atoms with Crippen molar-refractivity contribution in [2.75, 3.05) is 13.1 Å². The third-order valence-electron chi connectivity index (χ3n) is 2.03. The first-order chi connectivity index (χ1) is 9.05. The molecular weight excluding hydrogens is 270 g/mol. The summed E-state index contributed by atoms with van der Waals surface area (Å²) in [7, 11) is 0. The molecule has 0 aliphatic heterocycles. The average Bonchev–Trinajstić information content (AvgIpc) is 2.31. The quantitative estimate of drug-likeness (QED) is 0.527. The Balaban J connectivity index is 5.53. The summed E-state index contributed by atoms with van der Waals surface area (Å²) in [5.74, 6) is -3.74. The number of rotatable bonds is 5. The van der Waals surface area contributed by atoms with Crippen LogP contribution < -0.4 is 11.5 Å². The minimum atomic E-state index is -2.05. The van der Waals surface area contributed by atoms with Gasteiger partial charge in [-0.3, -0.25) is 9.59 Å². The number of nitrogens with zero attached hydrogens (tertiary/aromatic N) is 1. The number of carboxylic acid groups (broad SMARTS) is 1. The van der Waals surface area contributed by atoms with Gasteiger partial charge in [0.05, 0.1) is 13.1 Å². The number of imide groups is 1. The highest BCUT2D eigenvalue weighted by Crippen LogP contribution is 2.13. The Hall–Kier alpha value is -2.00. The van der Waals surface area contributed by atoms with Crippen LogP contribution in [0.2, 0.25) is 0 Å². The zero-order valence-electron chi connectivity index (χ0n) is 11.6. The first-order valence-electron chi connectivity index (χ1n) is 5.75. The number of carbonyl (C=O) groups excluding carboxylic acids is 3. The van der Waals surface area contributed by atoms with Crippen molar-refractivity contribution in [3.63, 3.8) is 0 Å². The van der Waals surface area contributed by atoms with E-state index in [1.165, 1.54) is 20.8 Å². The third kappa shape index (κ3) is 4.94. The highest BCUT2D eigenvalue weighted by atomic mass is 16.6. The molecule has 1 unspecified atom stereocenters. The van der Waals surface area contributed by atoms with E-state index >= 15 is 0 Å². The van der Waals surface area contributed by atoms with Crippen LogP contribution in [0.4, 0.5) is 4.79 Å². The number of carboxylic acids is 1. The summed E-state index contributed by atoms with van der Waals surface area (Å²) >= 11 is 0.